The first-order chi connectivity index (χ1) is 1.41. The second-order valence-electron chi connectivity index (χ2n) is 0.144. The van der Waals surface area contributed by atoms with Gasteiger partial charge in [-0.1, -0.05) is 0 Å². The van der Waals surface area contributed by atoms with Crippen LogP contribution in [0.4, 0.5) is 0 Å². The van der Waals surface area contributed by atoms with E-state index < -0.39 is 0 Å². The molecule has 3 radical (unpaired) electrons. The molecule has 0 spiro atoms. The zero-order valence-electron chi connectivity index (χ0n) is 2.99. The van der Waals surface area contributed by atoms with Gasteiger partial charge in [-0.05, 0) is 0 Å². The Kier molecular flexibility index (Phi) is 243. The van der Waals surface area contributed by atoms with Gasteiger partial charge in [-0.3, -0.25) is 0 Å². The van der Waals surface area contributed by atoms with Crippen LogP contribution in [-0.4, -0.2) is 33.5 Å². The fourth-order valence-corrected chi connectivity index (χ4v) is 0. The molecule has 0 saturated heterocycles. The first-order valence-electron chi connectivity index (χ1n) is 0.539. The quantitative estimate of drug-likeness (QED) is 0.350. The summed E-state index contributed by atoms with van der Waals surface area (Å²) in [6, 6.07) is 0. The summed E-state index contributed by atoms with van der Waals surface area (Å²) < 4.78 is 2.34. The number of halogens is 1. The second-order valence-corrected chi connectivity index (χ2v) is 0.968. The predicted octanol–water partition coefficient (Wildman–Crippen LogP) is -1.48. The average molecular weight is 216 g/mol. The molecule has 4 N–H and O–H groups in total. The normalized spacial score (nSPS) is 1.33. The molecule has 0 aliphatic carbocycles. The fourth-order valence-electron chi connectivity index (χ4n) is 0. The molecule has 0 saturated carbocycles. The van der Waals surface area contributed by atoms with Gasteiger partial charge >= 0.3 is 32.9 Å². The van der Waals surface area contributed by atoms with Gasteiger partial charge in [0.15, 0.2) is 0 Å². The van der Waals surface area contributed by atoms with Gasteiger partial charge in [0.05, 0.1) is 0 Å². The van der Waals surface area contributed by atoms with E-state index in [1.54, 1.807) is 0 Å². The van der Waals surface area contributed by atoms with Crippen LogP contribution in [0.2, 0.25) is 0 Å². The molecule has 0 heterocycles. The van der Waals surface area contributed by atoms with Gasteiger partial charge in [-0.15, -0.1) is 12.4 Å². The summed E-state index contributed by atoms with van der Waals surface area (Å²) in [5.74, 6) is 0. The Hall–Kier alpha value is 0.569. The molecule has 0 atom stereocenters. The molecule has 0 aromatic carbocycles. The molecule has 2 nitrogen and oxygen atoms in total. The largest absolute Gasteiger partial charge is 0.412 e. The van der Waals surface area contributed by atoms with E-state index in [2.05, 4.69) is 10.4 Å². The maximum Gasteiger partial charge on any atom is -0.147 e. The molecule has 0 fully saturated rings. The molecule has 4 heteroatoms. The minimum Gasteiger partial charge on any atom is -0.412 e. The molecular weight excluding hydrogens is 210 g/mol. The Bertz CT molecular complexity index is 33.0. The Morgan fingerprint density at radius 1 is 1.33 bits per heavy atom. The van der Waals surface area contributed by atoms with Crippen LogP contribution < -0.4 is 0 Å². The number of hydrogen-bond acceptors (Lipinski definition) is 0. The van der Waals surface area contributed by atoms with Crippen molar-refractivity contribution in [3.8, 4) is 10.4 Å². The average Bonchev–Trinajstić information content (AvgIpc) is 0.918. The molecule has 6 heavy (non-hydrogen) atoms. The van der Waals surface area contributed by atoms with Crippen molar-refractivity contribution < 1.29 is 11.0 Å². The first-order valence-corrected chi connectivity index (χ1v) is 1.97. The van der Waals surface area contributed by atoms with Gasteiger partial charge in [0.25, 0.3) is 0 Å². The third-order valence-corrected chi connectivity index (χ3v) is 0. The molecule has 0 bridgehead atoms. The Balaban J connectivity index is -0.00000000667. The van der Waals surface area contributed by atoms with Gasteiger partial charge in [-0.25, -0.2) is 0 Å². The molecule has 0 aliphatic heterocycles. The van der Waals surface area contributed by atoms with Gasteiger partial charge in [0.2, 0.25) is 0 Å². The van der Waals surface area contributed by atoms with Crippen LogP contribution in [0.5, 0.6) is 0 Å². The van der Waals surface area contributed by atoms with E-state index in [-0.39, 0.29) is 23.4 Å². The van der Waals surface area contributed by atoms with Crippen LogP contribution >= 0.6 is 12.4 Å². The summed E-state index contributed by atoms with van der Waals surface area (Å²) in [5, 5.41) is 0. The summed E-state index contributed by atoms with van der Waals surface area (Å²) in [6.07, 6.45) is 4.64. The van der Waals surface area contributed by atoms with Crippen molar-refractivity contribution in [2.24, 2.45) is 0 Å². The fraction of sp³-hybridized carbons (Fsp3) is 0. The van der Waals surface area contributed by atoms with Crippen molar-refractivity contribution in [1.29, 1.82) is 0 Å². The van der Waals surface area contributed by atoms with Crippen molar-refractivity contribution in [2.45, 2.75) is 0 Å². The monoisotopic (exact) mass is 217 g/mol. The maximum atomic E-state index is 4.64. The predicted molar refractivity (Wildman–Crippen MR) is 29.1 cm³/mol. The van der Waals surface area contributed by atoms with Crippen molar-refractivity contribution in [1.82, 2.24) is 0 Å². The topological polar surface area (TPSA) is 63.0 Å². The minimum absolute atomic E-state index is 0. The molecule has 37 valence electrons. The summed E-state index contributed by atoms with van der Waals surface area (Å²) >= 11 is 1.16. The molecule has 0 rings (SSSR count). The van der Waals surface area contributed by atoms with Crippen molar-refractivity contribution in [3.63, 3.8) is 0 Å². The van der Waals surface area contributed by atoms with E-state index in [0.29, 0.717) is 0 Å². The van der Waals surface area contributed by atoms with Gasteiger partial charge < -0.3 is 11.0 Å². The number of terminal acetylenes is 1. The maximum absolute atomic E-state index is 4.64. The van der Waals surface area contributed by atoms with Crippen molar-refractivity contribution >= 4 is 34.9 Å². The van der Waals surface area contributed by atoms with Crippen molar-refractivity contribution in [3.05, 3.63) is 0 Å². The molecule has 0 aromatic heterocycles. The van der Waals surface area contributed by atoms with Crippen LogP contribution in [0.25, 0.3) is 0 Å². The SMILES string of the molecule is C#[C][Sn].Cl.O.O. The van der Waals surface area contributed by atoms with E-state index in [1.807, 2.05) is 0 Å². The molecule has 0 aromatic rings. The Morgan fingerprint density at radius 2 is 1.33 bits per heavy atom. The minimum atomic E-state index is 0. The zero-order valence-corrected chi connectivity index (χ0v) is 6.66. The van der Waals surface area contributed by atoms with E-state index >= 15 is 0 Å². The van der Waals surface area contributed by atoms with Crippen LogP contribution in [-0.2, 0) is 0 Å². The van der Waals surface area contributed by atoms with E-state index in [1.165, 1.54) is 0 Å². The molecule has 0 aliphatic rings. The molecule has 0 unspecified atom stereocenters. The van der Waals surface area contributed by atoms with Gasteiger partial charge in [0, 0.05) is 0 Å². The summed E-state index contributed by atoms with van der Waals surface area (Å²) in [5.41, 5.74) is 0. The van der Waals surface area contributed by atoms with E-state index in [9.17, 15) is 0 Å². The van der Waals surface area contributed by atoms with Crippen LogP contribution in [0.3, 0.4) is 0 Å². The Labute approximate surface area is 56.4 Å². The van der Waals surface area contributed by atoms with Crippen LogP contribution in [0.1, 0.15) is 0 Å². The second kappa shape index (κ2) is 47.2. The summed E-state index contributed by atoms with van der Waals surface area (Å²) in [6.45, 7) is 0. The van der Waals surface area contributed by atoms with E-state index in [4.69, 9.17) is 0 Å². The van der Waals surface area contributed by atoms with Gasteiger partial charge in [0.1, 0.15) is 0 Å². The molecule has 0 amide bonds. The summed E-state index contributed by atoms with van der Waals surface area (Å²) in [7, 11) is 0. The van der Waals surface area contributed by atoms with Gasteiger partial charge in [-0.2, -0.15) is 0 Å². The molecular formula is C2H6ClO2Sn. The zero-order chi connectivity index (χ0) is 2.71. The number of hydrogen-bond donors (Lipinski definition) is 0. The van der Waals surface area contributed by atoms with Crippen molar-refractivity contribution in [2.75, 3.05) is 0 Å². The standard InChI is InChI=1S/C2H.ClH.2H2O.Sn/c1-2;;;;/h1H;1H;2*1H2;. The third-order valence-electron chi connectivity index (χ3n) is 0. The third kappa shape index (κ3) is 180. The number of rotatable bonds is 0. The first kappa shape index (κ1) is 30.9. The summed E-state index contributed by atoms with van der Waals surface area (Å²) in [4.78, 5) is 0. The van der Waals surface area contributed by atoms with E-state index in [0.717, 1.165) is 22.5 Å². The van der Waals surface area contributed by atoms with Crippen LogP contribution in [0.15, 0.2) is 0 Å². The smallest absolute Gasteiger partial charge is 0.147 e. The Morgan fingerprint density at radius 3 is 1.33 bits per heavy atom. The van der Waals surface area contributed by atoms with Crippen LogP contribution in [0, 0.1) is 10.4 Å².